The van der Waals surface area contributed by atoms with Crippen molar-refractivity contribution in [1.82, 2.24) is 9.97 Å². The molecule has 2 heterocycles. The number of carbonyl (C=O) groups is 1. The van der Waals surface area contributed by atoms with Crippen molar-refractivity contribution in [3.05, 3.63) is 59.1 Å². The number of anilines is 1. The van der Waals surface area contributed by atoms with E-state index in [9.17, 15) is 4.79 Å². The number of amides is 1. The van der Waals surface area contributed by atoms with Crippen LogP contribution in [0.5, 0.6) is 5.75 Å². The topological polar surface area (TPSA) is 64.1 Å². The van der Waals surface area contributed by atoms with Gasteiger partial charge in [0, 0.05) is 11.6 Å². The molecule has 0 saturated heterocycles. The third kappa shape index (κ3) is 3.78. The normalized spacial score (nSPS) is 10.4. The van der Waals surface area contributed by atoms with Crippen LogP contribution in [0, 0.1) is 6.92 Å². The molecule has 0 radical (unpaired) electrons. The van der Waals surface area contributed by atoms with Crippen molar-refractivity contribution >= 4 is 22.4 Å². The average molecular weight is 339 g/mol. The standard InChI is InChI=1S/C18H17N3O2S/c1-12-6-7-13(9-16(12)23-2)10-17(22)21-18-20-15(11-24-18)14-5-3-4-8-19-14/h3-9,11H,10H2,1-2H3,(H,20,21,22). The Hall–Kier alpha value is -2.73. The molecular weight excluding hydrogens is 322 g/mol. The molecule has 0 unspecified atom stereocenters. The van der Waals surface area contributed by atoms with Crippen LogP contribution in [-0.2, 0) is 11.2 Å². The maximum atomic E-state index is 12.2. The van der Waals surface area contributed by atoms with Gasteiger partial charge in [0.25, 0.3) is 0 Å². The van der Waals surface area contributed by atoms with Gasteiger partial charge in [0.2, 0.25) is 5.91 Å². The number of methoxy groups -OCH3 is 1. The van der Waals surface area contributed by atoms with E-state index in [1.807, 2.05) is 48.7 Å². The number of thiazole rings is 1. The number of carbonyl (C=O) groups excluding carboxylic acids is 1. The van der Waals surface area contributed by atoms with Crippen LogP contribution >= 0.6 is 11.3 Å². The summed E-state index contributed by atoms with van der Waals surface area (Å²) in [5, 5.41) is 5.28. The summed E-state index contributed by atoms with van der Waals surface area (Å²) in [4.78, 5) is 20.9. The molecule has 24 heavy (non-hydrogen) atoms. The molecule has 3 rings (SSSR count). The predicted molar refractivity (Wildman–Crippen MR) is 95.4 cm³/mol. The highest BCUT2D eigenvalue weighted by atomic mass is 32.1. The lowest BCUT2D eigenvalue weighted by Crippen LogP contribution is -2.14. The van der Waals surface area contributed by atoms with Crippen LogP contribution in [0.15, 0.2) is 48.0 Å². The molecule has 1 amide bonds. The van der Waals surface area contributed by atoms with Gasteiger partial charge in [0.15, 0.2) is 5.13 Å². The zero-order valence-corrected chi connectivity index (χ0v) is 14.3. The molecule has 6 heteroatoms. The van der Waals surface area contributed by atoms with Gasteiger partial charge in [-0.05, 0) is 36.2 Å². The lowest BCUT2D eigenvalue weighted by Gasteiger charge is -2.07. The maximum Gasteiger partial charge on any atom is 0.230 e. The second-order valence-electron chi connectivity index (χ2n) is 5.28. The molecular formula is C18H17N3O2S. The number of rotatable bonds is 5. The fraction of sp³-hybridized carbons (Fsp3) is 0.167. The lowest BCUT2D eigenvalue weighted by molar-refractivity contribution is -0.115. The first-order chi connectivity index (χ1) is 11.7. The molecule has 0 aliphatic carbocycles. The Morgan fingerprint density at radius 1 is 1.25 bits per heavy atom. The van der Waals surface area contributed by atoms with Gasteiger partial charge < -0.3 is 10.1 Å². The van der Waals surface area contributed by atoms with Crippen LogP contribution < -0.4 is 10.1 Å². The molecule has 122 valence electrons. The van der Waals surface area contributed by atoms with E-state index in [0.717, 1.165) is 28.3 Å². The minimum Gasteiger partial charge on any atom is -0.496 e. The minimum atomic E-state index is -0.108. The van der Waals surface area contributed by atoms with Crippen LogP contribution in [-0.4, -0.2) is 23.0 Å². The highest BCUT2D eigenvalue weighted by Gasteiger charge is 2.10. The van der Waals surface area contributed by atoms with Crippen LogP contribution in [0.3, 0.4) is 0 Å². The van der Waals surface area contributed by atoms with Crippen molar-refractivity contribution in [3.8, 4) is 17.1 Å². The fourth-order valence-electron chi connectivity index (χ4n) is 2.29. The molecule has 0 spiro atoms. The molecule has 0 saturated carbocycles. The Morgan fingerprint density at radius 2 is 2.12 bits per heavy atom. The zero-order chi connectivity index (χ0) is 16.9. The second-order valence-corrected chi connectivity index (χ2v) is 6.14. The van der Waals surface area contributed by atoms with E-state index in [2.05, 4.69) is 15.3 Å². The predicted octanol–water partition coefficient (Wildman–Crippen LogP) is 3.70. The Labute approximate surface area is 144 Å². The van der Waals surface area contributed by atoms with Gasteiger partial charge in [-0.15, -0.1) is 11.3 Å². The van der Waals surface area contributed by atoms with E-state index in [4.69, 9.17) is 4.74 Å². The van der Waals surface area contributed by atoms with Crippen molar-refractivity contribution in [2.75, 3.05) is 12.4 Å². The molecule has 0 aliphatic rings. The number of benzene rings is 1. The van der Waals surface area contributed by atoms with Crippen LogP contribution in [0.25, 0.3) is 11.4 Å². The molecule has 0 atom stereocenters. The molecule has 0 fully saturated rings. The molecule has 0 aliphatic heterocycles. The van der Waals surface area contributed by atoms with Gasteiger partial charge in [-0.1, -0.05) is 18.2 Å². The first-order valence-electron chi connectivity index (χ1n) is 7.46. The largest absolute Gasteiger partial charge is 0.496 e. The lowest BCUT2D eigenvalue weighted by atomic mass is 10.1. The zero-order valence-electron chi connectivity index (χ0n) is 13.4. The van der Waals surface area contributed by atoms with Crippen molar-refractivity contribution in [3.63, 3.8) is 0 Å². The summed E-state index contributed by atoms with van der Waals surface area (Å²) in [6, 6.07) is 11.4. The van der Waals surface area contributed by atoms with Gasteiger partial charge >= 0.3 is 0 Å². The number of aromatic nitrogens is 2. The van der Waals surface area contributed by atoms with Crippen LogP contribution in [0.1, 0.15) is 11.1 Å². The van der Waals surface area contributed by atoms with E-state index in [0.29, 0.717) is 5.13 Å². The van der Waals surface area contributed by atoms with E-state index in [-0.39, 0.29) is 12.3 Å². The van der Waals surface area contributed by atoms with Crippen molar-refractivity contribution in [2.24, 2.45) is 0 Å². The summed E-state index contributed by atoms with van der Waals surface area (Å²) >= 11 is 1.39. The highest BCUT2D eigenvalue weighted by Crippen LogP contribution is 2.24. The van der Waals surface area contributed by atoms with E-state index in [1.54, 1.807) is 13.3 Å². The number of nitrogens with zero attached hydrogens (tertiary/aromatic N) is 2. The summed E-state index contributed by atoms with van der Waals surface area (Å²) in [6.45, 7) is 1.97. The Kier molecular flexibility index (Phi) is 4.86. The van der Waals surface area contributed by atoms with Crippen LogP contribution in [0.2, 0.25) is 0 Å². The third-order valence-electron chi connectivity index (χ3n) is 3.52. The SMILES string of the molecule is COc1cc(CC(=O)Nc2nc(-c3ccccn3)cs2)ccc1C. The molecule has 2 aromatic heterocycles. The van der Waals surface area contributed by atoms with Gasteiger partial charge in [-0.3, -0.25) is 9.78 Å². The Balaban J connectivity index is 1.66. The van der Waals surface area contributed by atoms with Gasteiger partial charge in [-0.2, -0.15) is 0 Å². The van der Waals surface area contributed by atoms with E-state index >= 15 is 0 Å². The third-order valence-corrected chi connectivity index (χ3v) is 4.27. The summed E-state index contributed by atoms with van der Waals surface area (Å²) in [5.41, 5.74) is 3.49. The second kappa shape index (κ2) is 7.23. The number of hydrogen-bond acceptors (Lipinski definition) is 5. The summed E-state index contributed by atoms with van der Waals surface area (Å²) in [5.74, 6) is 0.676. The van der Waals surface area contributed by atoms with Gasteiger partial charge in [0.05, 0.1) is 19.2 Å². The number of aryl methyl sites for hydroxylation is 1. The highest BCUT2D eigenvalue weighted by molar-refractivity contribution is 7.14. The van der Waals surface area contributed by atoms with Gasteiger partial charge in [-0.25, -0.2) is 4.98 Å². The van der Waals surface area contributed by atoms with Crippen LogP contribution in [0.4, 0.5) is 5.13 Å². The van der Waals surface area contributed by atoms with Crippen molar-refractivity contribution in [1.29, 1.82) is 0 Å². The van der Waals surface area contributed by atoms with E-state index < -0.39 is 0 Å². The molecule has 3 aromatic rings. The molecule has 1 N–H and O–H groups in total. The maximum absolute atomic E-state index is 12.2. The molecule has 5 nitrogen and oxygen atoms in total. The summed E-state index contributed by atoms with van der Waals surface area (Å²) in [7, 11) is 1.63. The number of hydrogen-bond donors (Lipinski definition) is 1. The fourth-order valence-corrected chi connectivity index (χ4v) is 3.01. The molecule has 1 aromatic carbocycles. The Morgan fingerprint density at radius 3 is 2.88 bits per heavy atom. The first-order valence-corrected chi connectivity index (χ1v) is 8.34. The number of ether oxygens (including phenoxy) is 1. The number of nitrogens with one attached hydrogen (secondary N) is 1. The van der Waals surface area contributed by atoms with Crippen molar-refractivity contribution in [2.45, 2.75) is 13.3 Å². The Bertz CT molecular complexity index is 846. The first kappa shape index (κ1) is 16.1. The van der Waals surface area contributed by atoms with Gasteiger partial charge in [0.1, 0.15) is 11.4 Å². The monoisotopic (exact) mass is 339 g/mol. The summed E-state index contributed by atoms with van der Waals surface area (Å²) < 4.78 is 5.29. The minimum absolute atomic E-state index is 0.108. The van der Waals surface area contributed by atoms with E-state index in [1.165, 1.54) is 11.3 Å². The van der Waals surface area contributed by atoms with Crippen molar-refractivity contribution < 1.29 is 9.53 Å². The molecule has 0 bridgehead atoms. The summed E-state index contributed by atoms with van der Waals surface area (Å²) in [6.07, 6.45) is 1.99. The smallest absolute Gasteiger partial charge is 0.230 e. The average Bonchev–Trinajstić information content (AvgIpc) is 3.05. The quantitative estimate of drug-likeness (QED) is 0.770. The number of pyridine rings is 1.